The van der Waals surface area contributed by atoms with Crippen LogP contribution in [0.4, 0.5) is 27.5 Å². The first-order valence-corrected chi connectivity index (χ1v) is 9.90. The van der Waals surface area contributed by atoms with Crippen molar-refractivity contribution in [2.24, 2.45) is 0 Å². The van der Waals surface area contributed by atoms with E-state index in [4.69, 9.17) is 0 Å². The molecule has 0 unspecified atom stereocenters. The minimum atomic E-state index is -0.213. The van der Waals surface area contributed by atoms with Gasteiger partial charge in [0.15, 0.2) is 5.82 Å². The van der Waals surface area contributed by atoms with E-state index in [1.54, 1.807) is 6.20 Å². The molecule has 1 saturated heterocycles. The molecular formula is C22H25FN6. The second kappa shape index (κ2) is 8.43. The number of aromatic nitrogens is 3. The number of halogens is 1. The minimum absolute atomic E-state index is 0.213. The Hall–Kier alpha value is -3.22. The summed E-state index contributed by atoms with van der Waals surface area (Å²) in [7, 11) is 0. The minimum Gasteiger partial charge on any atom is -0.368 e. The zero-order chi connectivity index (χ0) is 20.2. The topological polar surface area (TPSA) is 57.2 Å². The highest BCUT2D eigenvalue weighted by Gasteiger charge is 2.20. The molecule has 0 saturated carbocycles. The molecule has 29 heavy (non-hydrogen) atoms. The second-order valence-electron chi connectivity index (χ2n) is 7.49. The highest BCUT2D eigenvalue weighted by molar-refractivity contribution is 5.57. The van der Waals surface area contributed by atoms with Gasteiger partial charge in [-0.3, -0.25) is 0 Å². The number of anilines is 4. The van der Waals surface area contributed by atoms with Crippen molar-refractivity contribution < 1.29 is 4.39 Å². The summed E-state index contributed by atoms with van der Waals surface area (Å²) in [6, 6.07) is 15.0. The third-order valence-electron chi connectivity index (χ3n) is 5.15. The highest BCUT2D eigenvalue weighted by atomic mass is 19.1. The van der Waals surface area contributed by atoms with Gasteiger partial charge in [-0.05, 0) is 47.9 Å². The van der Waals surface area contributed by atoms with Crippen molar-refractivity contribution in [3.63, 3.8) is 0 Å². The fraction of sp³-hybridized carbons (Fsp3) is 0.318. The van der Waals surface area contributed by atoms with Gasteiger partial charge in [0, 0.05) is 37.6 Å². The SMILES string of the molecule is CC(C)c1ccc(Nc2cnnc(N3CCN(c4ccc(F)cc4)CC3)n2)cc1. The molecule has 7 heteroatoms. The maximum absolute atomic E-state index is 13.1. The molecule has 1 aromatic heterocycles. The molecule has 0 atom stereocenters. The van der Waals surface area contributed by atoms with Crippen LogP contribution in [0.2, 0.25) is 0 Å². The van der Waals surface area contributed by atoms with E-state index in [1.165, 1.54) is 17.7 Å². The molecule has 1 fully saturated rings. The normalized spacial score (nSPS) is 14.3. The third kappa shape index (κ3) is 4.62. The summed E-state index contributed by atoms with van der Waals surface area (Å²) >= 11 is 0. The van der Waals surface area contributed by atoms with Gasteiger partial charge < -0.3 is 15.1 Å². The van der Waals surface area contributed by atoms with Crippen LogP contribution in [0.15, 0.2) is 54.7 Å². The van der Waals surface area contributed by atoms with E-state index >= 15 is 0 Å². The van der Waals surface area contributed by atoms with Crippen LogP contribution in [-0.4, -0.2) is 41.4 Å². The molecule has 6 nitrogen and oxygen atoms in total. The van der Waals surface area contributed by atoms with Gasteiger partial charge in [-0.15, -0.1) is 5.10 Å². The first kappa shape index (κ1) is 19.1. The molecule has 0 radical (unpaired) electrons. The average Bonchev–Trinajstić information content (AvgIpc) is 2.75. The zero-order valence-electron chi connectivity index (χ0n) is 16.7. The molecule has 1 N–H and O–H groups in total. The quantitative estimate of drug-likeness (QED) is 0.702. The van der Waals surface area contributed by atoms with E-state index in [2.05, 4.69) is 68.4 Å². The van der Waals surface area contributed by atoms with Crippen molar-refractivity contribution in [2.45, 2.75) is 19.8 Å². The number of rotatable bonds is 5. The molecule has 1 aliphatic rings. The molecule has 1 aliphatic heterocycles. The molecule has 0 aliphatic carbocycles. The lowest BCUT2D eigenvalue weighted by Crippen LogP contribution is -2.47. The van der Waals surface area contributed by atoms with Crippen LogP contribution in [-0.2, 0) is 0 Å². The number of benzene rings is 2. The summed E-state index contributed by atoms with van der Waals surface area (Å²) in [6.07, 6.45) is 1.63. The summed E-state index contributed by atoms with van der Waals surface area (Å²) < 4.78 is 13.1. The zero-order valence-corrected chi connectivity index (χ0v) is 16.7. The number of hydrogen-bond donors (Lipinski definition) is 1. The van der Waals surface area contributed by atoms with Crippen LogP contribution >= 0.6 is 0 Å². The standard InChI is InChI=1S/C22H25FN6/c1-16(2)17-3-7-19(8-4-17)25-21-15-24-27-22(26-21)29-13-11-28(12-14-29)20-9-5-18(23)6-10-20/h3-10,15-16H,11-14H2,1-2H3,(H,25,26,27). The first-order valence-electron chi connectivity index (χ1n) is 9.90. The first-order chi connectivity index (χ1) is 14.1. The van der Waals surface area contributed by atoms with Crippen molar-refractivity contribution in [3.8, 4) is 0 Å². The lowest BCUT2D eigenvalue weighted by atomic mass is 10.0. The monoisotopic (exact) mass is 392 g/mol. The Kier molecular flexibility index (Phi) is 5.55. The summed E-state index contributed by atoms with van der Waals surface area (Å²) in [4.78, 5) is 8.99. The largest absolute Gasteiger partial charge is 0.368 e. The highest BCUT2D eigenvalue weighted by Crippen LogP contribution is 2.22. The second-order valence-corrected chi connectivity index (χ2v) is 7.49. The Bertz CT molecular complexity index is 934. The molecule has 3 aromatic rings. The molecule has 150 valence electrons. The van der Waals surface area contributed by atoms with Crippen LogP contribution in [0.25, 0.3) is 0 Å². The summed E-state index contributed by atoms with van der Waals surface area (Å²) in [6.45, 7) is 7.57. The van der Waals surface area contributed by atoms with E-state index in [-0.39, 0.29) is 5.82 Å². The van der Waals surface area contributed by atoms with Crippen LogP contribution in [0.1, 0.15) is 25.3 Å². The Labute approximate surface area is 170 Å². The van der Waals surface area contributed by atoms with E-state index < -0.39 is 0 Å². The maximum atomic E-state index is 13.1. The van der Waals surface area contributed by atoms with Crippen LogP contribution in [0.5, 0.6) is 0 Å². The molecule has 2 heterocycles. The Morgan fingerprint density at radius 3 is 2.21 bits per heavy atom. The van der Waals surface area contributed by atoms with Crippen molar-refractivity contribution in [3.05, 3.63) is 66.1 Å². The van der Waals surface area contributed by atoms with Crippen molar-refractivity contribution in [2.75, 3.05) is 41.3 Å². The van der Waals surface area contributed by atoms with Crippen LogP contribution < -0.4 is 15.1 Å². The Balaban J connectivity index is 1.39. The summed E-state index contributed by atoms with van der Waals surface area (Å²) in [5.41, 5.74) is 3.31. The molecule has 2 aromatic carbocycles. The predicted molar refractivity (Wildman–Crippen MR) is 114 cm³/mol. The number of nitrogens with one attached hydrogen (secondary N) is 1. The number of hydrogen-bond acceptors (Lipinski definition) is 6. The van der Waals surface area contributed by atoms with Crippen molar-refractivity contribution >= 4 is 23.1 Å². The van der Waals surface area contributed by atoms with E-state index in [9.17, 15) is 4.39 Å². The van der Waals surface area contributed by atoms with Gasteiger partial charge in [0.25, 0.3) is 0 Å². The van der Waals surface area contributed by atoms with Crippen molar-refractivity contribution in [1.29, 1.82) is 0 Å². The molecule has 0 bridgehead atoms. The average molecular weight is 392 g/mol. The van der Waals surface area contributed by atoms with Crippen LogP contribution in [0.3, 0.4) is 0 Å². The predicted octanol–water partition coefficient (Wildman–Crippen LogP) is 4.20. The number of nitrogens with zero attached hydrogens (tertiary/aromatic N) is 5. The van der Waals surface area contributed by atoms with Gasteiger partial charge >= 0.3 is 0 Å². The number of piperazine rings is 1. The van der Waals surface area contributed by atoms with Gasteiger partial charge in [0.05, 0.1) is 6.20 Å². The van der Waals surface area contributed by atoms with Gasteiger partial charge in [-0.1, -0.05) is 26.0 Å². The third-order valence-corrected chi connectivity index (χ3v) is 5.15. The Morgan fingerprint density at radius 2 is 1.55 bits per heavy atom. The van der Waals surface area contributed by atoms with Gasteiger partial charge in [-0.25, -0.2) is 4.39 Å². The van der Waals surface area contributed by atoms with E-state index in [1.807, 2.05) is 12.1 Å². The fourth-order valence-electron chi connectivity index (χ4n) is 3.40. The molecule has 4 rings (SSSR count). The summed E-state index contributed by atoms with van der Waals surface area (Å²) in [5.74, 6) is 1.58. The van der Waals surface area contributed by atoms with Gasteiger partial charge in [0.2, 0.25) is 5.95 Å². The maximum Gasteiger partial charge on any atom is 0.247 e. The van der Waals surface area contributed by atoms with Crippen molar-refractivity contribution in [1.82, 2.24) is 15.2 Å². The Morgan fingerprint density at radius 1 is 0.897 bits per heavy atom. The fourth-order valence-corrected chi connectivity index (χ4v) is 3.40. The smallest absolute Gasteiger partial charge is 0.247 e. The lowest BCUT2D eigenvalue weighted by molar-refractivity contribution is 0.622. The molecule has 0 spiro atoms. The summed E-state index contributed by atoms with van der Waals surface area (Å²) in [5, 5.41) is 11.6. The molecular weight excluding hydrogens is 367 g/mol. The lowest BCUT2D eigenvalue weighted by Gasteiger charge is -2.35. The van der Waals surface area contributed by atoms with E-state index in [0.717, 1.165) is 37.6 Å². The van der Waals surface area contributed by atoms with Gasteiger partial charge in [0.1, 0.15) is 5.82 Å². The van der Waals surface area contributed by atoms with Crippen LogP contribution in [0, 0.1) is 5.82 Å². The molecule has 0 amide bonds. The van der Waals surface area contributed by atoms with E-state index in [0.29, 0.717) is 17.7 Å². The van der Waals surface area contributed by atoms with Gasteiger partial charge in [-0.2, -0.15) is 10.1 Å².